The quantitative estimate of drug-likeness (QED) is 0.424. The SMILES string of the molecule is CC(=O)N1CCc2cc(C(=O)[C@@H](C)Sc3nncn3CCc3cccs3)ccc21. The summed E-state index contributed by atoms with van der Waals surface area (Å²) < 4.78 is 2.00. The zero-order valence-corrected chi connectivity index (χ0v) is 18.0. The van der Waals surface area contributed by atoms with Crippen molar-refractivity contribution in [2.75, 3.05) is 11.4 Å². The van der Waals surface area contributed by atoms with Gasteiger partial charge >= 0.3 is 0 Å². The molecule has 1 amide bonds. The molecule has 2 aromatic heterocycles. The summed E-state index contributed by atoms with van der Waals surface area (Å²) in [5.74, 6) is 0.0977. The molecule has 0 N–H and O–H groups in total. The van der Waals surface area contributed by atoms with E-state index in [0.29, 0.717) is 12.1 Å². The number of Topliss-reactive ketones (excluding diaryl/α,β-unsaturated/α-hetero) is 1. The van der Waals surface area contributed by atoms with E-state index in [2.05, 4.69) is 27.7 Å². The van der Waals surface area contributed by atoms with Crippen LogP contribution in [0, 0.1) is 0 Å². The van der Waals surface area contributed by atoms with E-state index in [1.165, 1.54) is 16.6 Å². The van der Waals surface area contributed by atoms with E-state index >= 15 is 0 Å². The standard InChI is InChI=1S/C21H22N4O2S2/c1-14(29-21-23-22-13-24(21)9-8-18-4-3-11-28-18)20(27)17-5-6-19-16(12-17)7-10-25(19)15(2)26/h3-6,11-14H,7-10H2,1-2H3/t14-/m1/s1. The van der Waals surface area contributed by atoms with Gasteiger partial charge in [-0.3, -0.25) is 9.59 Å². The Morgan fingerprint density at radius 3 is 2.93 bits per heavy atom. The van der Waals surface area contributed by atoms with E-state index in [9.17, 15) is 9.59 Å². The first kappa shape index (κ1) is 19.8. The molecule has 29 heavy (non-hydrogen) atoms. The summed E-state index contributed by atoms with van der Waals surface area (Å²) in [5, 5.41) is 10.8. The Hall–Kier alpha value is -2.45. The van der Waals surface area contributed by atoms with Gasteiger partial charge in [-0.05, 0) is 55.0 Å². The molecule has 8 heteroatoms. The van der Waals surface area contributed by atoms with Gasteiger partial charge in [0.25, 0.3) is 0 Å². The Morgan fingerprint density at radius 1 is 1.31 bits per heavy atom. The van der Waals surface area contributed by atoms with Crippen LogP contribution in [0.5, 0.6) is 0 Å². The van der Waals surface area contributed by atoms with Crippen LogP contribution < -0.4 is 4.90 Å². The van der Waals surface area contributed by atoms with Crippen LogP contribution in [0.4, 0.5) is 5.69 Å². The summed E-state index contributed by atoms with van der Waals surface area (Å²) >= 11 is 3.17. The lowest BCUT2D eigenvalue weighted by atomic mass is 10.0. The highest BCUT2D eigenvalue weighted by molar-refractivity contribution is 8.00. The number of rotatable bonds is 7. The lowest BCUT2D eigenvalue weighted by Crippen LogP contribution is -2.25. The number of amides is 1. The van der Waals surface area contributed by atoms with Gasteiger partial charge in [0.05, 0.1) is 5.25 Å². The largest absolute Gasteiger partial charge is 0.312 e. The number of thiophene rings is 1. The van der Waals surface area contributed by atoms with Crippen molar-refractivity contribution in [3.63, 3.8) is 0 Å². The molecular formula is C21H22N4O2S2. The van der Waals surface area contributed by atoms with Gasteiger partial charge in [0.1, 0.15) is 6.33 Å². The molecule has 1 aliphatic heterocycles. The molecule has 6 nitrogen and oxygen atoms in total. The molecule has 4 rings (SSSR count). The average molecular weight is 427 g/mol. The number of aryl methyl sites for hydroxylation is 2. The first-order chi connectivity index (χ1) is 14.0. The Bertz CT molecular complexity index is 1030. The van der Waals surface area contributed by atoms with Crippen molar-refractivity contribution < 1.29 is 9.59 Å². The number of fused-ring (bicyclic) bond motifs is 1. The molecular weight excluding hydrogens is 404 g/mol. The van der Waals surface area contributed by atoms with E-state index in [1.807, 2.05) is 29.7 Å². The van der Waals surface area contributed by atoms with E-state index in [0.717, 1.165) is 35.8 Å². The van der Waals surface area contributed by atoms with Crippen LogP contribution >= 0.6 is 23.1 Å². The van der Waals surface area contributed by atoms with Crippen LogP contribution in [0.15, 0.2) is 47.2 Å². The van der Waals surface area contributed by atoms with Crippen molar-refractivity contribution in [2.45, 2.75) is 43.6 Å². The highest BCUT2D eigenvalue weighted by Crippen LogP contribution is 2.31. The van der Waals surface area contributed by atoms with E-state index < -0.39 is 0 Å². The second kappa shape index (κ2) is 8.51. The predicted octanol–water partition coefficient (Wildman–Crippen LogP) is 3.85. The third-order valence-electron chi connectivity index (χ3n) is 5.05. The van der Waals surface area contributed by atoms with Crippen molar-refractivity contribution in [1.29, 1.82) is 0 Å². The Labute approximate surface area is 177 Å². The minimum atomic E-state index is -0.275. The monoisotopic (exact) mass is 426 g/mol. The van der Waals surface area contributed by atoms with Crippen molar-refractivity contribution in [1.82, 2.24) is 14.8 Å². The molecule has 0 aliphatic carbocycles. The van der Waals surface area contributed by atoms with Gasteiger partial charge < -0.3 is 9.47 Å². The minimum Gasteiger partial charge on any atom is -0.312 e. The first-order valence-electron chi connectivity index (χ1n) is 9.55. The van der Waals surface area contributed by atoms with Gasteiger partial charge in [0.2, 0.25) is 5.91 Å². The highest BCUT2D eigenvalue weighted by Gasteiger charge is 2.25. The Kier molecular flexibility index (Phi) is 5.82. The lowest BCUT2D eigenvalue weighted by Gasteiger charge is -2.15. The third-order valence-corrected chi connectivity index (χ3v) is 7.08. The number of hydrogen-bond acceptors (Lipinski definition) is 6. The van der Waals surface area contributed by atoms with Gasteiger partial charge in [0, 0.05) is 36.1 Å². The number of anilines is 1. The zero-order chi connectivity index (χ0) is 20.4. The number of thioether (sulfide) groups is 1. The van der Waals surface area contributed by atoms with Crippen LogP contribution in [0.1, 0.15) is 34.6 Å². The Balaban J connectivity index is 1.43. The topological polar surface area (TPSA) is 68.1 Å². The van der Waals surface area contributed by atoms with Crippen molar-refractivity contribution in [3.8, 4) is 0 Å². The lowest BCUT2D eigenvalue weighted by molar-refractivity contribution is -0.116. The minimum absolute atomic E-state index is 0.0358. The summed E-state index contributed by atoms with van der Waals surface area (Å²) in [4.78, 5) is 27.8. The van der Waals surface area contributed by atoms with Crippen LogP contribution in [0.2, 0.25) is 0 Å². The van der Waals surface area contributed by atoms with E-state index in [1.54, 1.807) is 29.5 Å². The average Bonchev–Trinajstić information content (AvgIpc) is 3.45. The molecule has 0 spiro atoms. The van der Waals surface area contributed by atoms with Crippen LogP contribution in [0.25, 0.3) is 0 Å². The van der Waals surface area contributed by atoms with Crippen LogP contribution in [0.3, 0.4) is 0 Å². The second-order valence-corrected chi connectivity index (χ2v) is 9.36. The molecule has 150 valence electrons. The zero-order valence-electron chi connectivity index (χ0n) is 16.4. The number of ketones is 1. The molecule has 0 unspecified atom stereocenters. The fourth-order valence-electron chi connectivity index (χ4n) is 3.50. The highest BCUT2D eigenvalue weighted by atomic mass is 32.2. The molecule has 0 radical (unpaired) electrons. The molecule has 0 saturated carbocycles. The molecule has 1 aromatic carbocycles. The normalized spacial score (nSPS) is 14.1. The summed E-state index contributed by atoms with van der Waals surface area (Å²) in [5.41, 5.74) is 2.66. The number of nitrogens with zero attached hydrogens (tertiary/aromatic N) is 4. The maximum absolute atomic E-state index is 13.0. The van der Waals surface area contributed by atoms with Gasteiger partial charge in [-0.1, -0.05) is 17.8 Å². The molecule has 1 aliphatic rings. The van der Waals surface area contributed by atoms with E-state index in [4.69, 9.17) is 0 Å². The second-order valence-electron chi connectivity index (χ2n) is 7.02. The third kappa shape index (κ3) is 4.28. The summed E-state index contributed by atoms with van der Waals surface area (Å²) in [7, 11) is 0. The fourth-order valence-corrected chi connectivity index (χ4v) is 5.13. The van der Waals surface area contributed by atoms with Gasteiger partial charge in [-0.15, -0.1) is 21.5 Å². The molecule has 1 atom stereocenters. The number of benzene rings is 1. The molecule has 3 heterocycles. The number of carbonyl (C=O) groups excluding carboxylic acids is 2. The van der Waals surface area contributed by atoms with Gasteiger partial charge in [-0.2, -0.15) is 0 Å². The number of aromatic nitrogens is 3. The Morgan fingerprint density at radius 2 is 2.17 bits per heavy atom. The summed E-state index contributed by atoms with van der Waals surface area (Å²) in [6.07, 6.45) is 3.43. The summed E-state index contributed by atoms with van der Waals surface area (Å²) in [6.45, 7) is 4.94. The van der Waals surface area contributed by atoms with Crippen molar-refractivity contribution in [3.05, 3.63) is 58.0 Å². The van der Waals surface area contributed by atoms with Crippen molar-refractivity contribution >= 4 is 40.5 Å². The van der Waals surface area contributed by atoms with Crippen molar-refractivity contribution in [2.24, 2.45) is 0 Å². The van der Waals surface area contributed by atoms with Crippen LogP contribution in [-0.2, 0) is 24.2 Å². The number of hydrogen-bond donors (Lipinski definition) is 0. The number of carbonyl (C=O) groups is 2. The molecule has 0 saturated heterocycles. The maximum Gasteiger partial charge on any atom is 0.223 e. The molecule has 3 aromatic rings. The predicted molar refractivity (Wildman–Crippen MR) is 116 cm³/mol. The van der Waals surface area contributed by atoms with Gasteiger partial charge in [0.15, 0.2) is 10.9 Å². The maximum atomic E-state index is 13.0. The molecule has 0 fully saturated rings. The van der Waals surface area contributed by atoms with Gasteiger partial charge in [-0.25, -0.2) is 0 Å². The summed E-state index contributed by atoms with van der Waals surface area (Å²) in [6, 6.07) is 9.81. The van der Waals surface area contributed by atoms with E-state index in [-0.39, 0.29) is 16.9 Å². The smallest absolute Gasteiger partial charge is 0.223 e. The van der Waals surface area contributed by atoms with Crippen LogP contribution in [-0.4, -0.2) is 38.2 Å². The first-order valence-corrected chi connectivity index (χ1v) is 11.3. The fraction of sp³-hybridized carbons (Fsp3) is 0.333. The molecule has 0 bridgehead atoms.